The van der Waals surface area contributed by atoms with Gasteiger partial charge in [0.1, 0.15) is 5.92 Å². The average molecular weight is 312 g/mol. The number of benzene rings is 1. The van der Waals surface area contributed by atoms with E-state index in [2.05, 4.69) is 61.6 Å². The first-order valence-corrected chi connectivity index (χ1v) is 8.32. The summed E-state index contributed by atoms with van der Waals surface area (Å²) in [4.78, 5) is 0. The van der Waals surface area contributed by atoms with Gasteiger partial charge in [0, 0.05) is 11.8 Å². The Morgan fingerprint density at radius 1 is 1.08 bits per heavy atom. The average Bonchev–Trinajstić information content (AvgIpc) is 2.64. The van der Waals surface area contributed by atoms with Gasteiger partial charge in [-0.25, -0.2) is 0 Å². The summed E-state index contributed by atoms with van der Waals surface area (Å²) < 4.78 is 0. The Bertz CT molecular complexity index is 796. The molecule has 2 atom stereocenters. The highest BCUT2D eigenvalue weighted by Crippen LogP contribution is 2.38. The maximum absolute atomic E-state index is 9.31. The van der Waals surface area contributed by atoms with Crippen LogP contribution in [-0.2, 0) is 0 Å². The second kappa shape index (κ2) is 7.16. The standard InChI is InChI=1S/C22H20N2/c1-16-7-9-18(10-8-16)20-11-19(17-5-3-2-4-6-17)12-21(13-20)22(14-23)15-24/h2-9,12-13,18,21-22H,10-11H2,1H3. The molecule has 24 heavy (non-hydrogen) atoms. The predicted octanol–water partition coefficient (Wildman–Crippen LogP) is 5.20. The quantitative estimate of drug-likeness (QED) is 0.720. The van der Waals surface area contributed by atoms with Crippen LogP contribution < -0.4 is 0 Å². The minimum absolute atomic E-state index is 0.139. The van der Waals surface area contributed by atoms with Gasteiger partial charge in [0.2, 0.25) is 0 Å². The third-order valence-electron chi connectivity index (χ3n) is 4.76. The van der Waals surface area contributed by atoms with Crippen molar-refractivity contribution in [1.29, 1.82) is 10.5 Å². The Hall–Kier alpha value is -2.84. The molecule has 1 aromatic rings. The molecule has 2 unspecified atom stereocenters. The summed E-state index contributed by atoms with van der Waals surface area (Å²) in [5.41, 5.74) is 5.00. The van der Waals surface area contributed by atoms with E-state index < -0.39 is 5.92 Å². The van der Waals surface area contributed by atoms with Crippen molar-refractivity contribution in [2.75, 3.05) is 0 Å². The zero-order chi connectivity index (χ0) is 16.9. The van der Waals surface area contributed by atoms with Crippen LogP contribution in [-0.4, -0.2) is 0 Å². The maximum atomic E-state index is 9.31. The molecule has 2 aliphatic rings. The van der Waals surface area contributed by atoms with Crippen molar-refractivity contribution in [2.45, 2.75) is 19.8 Å². The predicted molar refractivity (Wildman–Crippen MR) is 96.3 cm³/mol. The summed E-state index contributed by atoms with van der Waals surface area (Å²) in [6.07, 6.45) is 12.8. The molecule has 0 saturated heterocycles. The minimum atomic E-state index is -0.635. The number of nitrogens with zero attached hydrogens (tertiary/aromatic N) is 2. The summed E-state index contributed by atoms with van der Waals surface area (Å²) in [7, 11) is 0. The first-order chi connectivity index (χ1) is 11.7. The third-order valence-corrected chi connectivity index (χ3v) is 4.76. The normalized spacial score (nSPS) is 22.9. The Morgan fingerprint density at radius 2 is 1.83 bits per heavy atom. The van der Waals surface area contributed by atoms with Gasteiger partial charge < -0.3 is 0 Å². The van der Waals surface area contributed by atoms with Crippen LogP contribution in [0.2, 0.25) is 0 Å². The van der Waals surface area contributed by atoms with E-state index in [0.29, 0.717) is 5.92 Å². The van der Waals surface area contributed by atoms with Crippen molar-refractivity contribution in [3.8, 4) is 12.1 Å². The van der Waals surface area contributed by atoms with Crippen molar-refractivity contribution >= 4 is 5.57 Å². The fourth-order valence-electron chi connectivity index (χ4n) is 3.37. The lowest BCUT2D eigenvalue weighted by Gasteiger charge is -2.27. The monoisotopic (exact) mass is 312 g/mol. The van der Waals surface area contributed by atoms with E-state index in [1.54, 1.807) is 0 Å². The highest BCUT2D eigenvalue weighted by Gasteiger charge is 2.25. The molecule has 2 aliphatic carbocycles. The van der Waals surface area contributed by atoms with E-state index in [-0.39, 0.29) is 5.92 Å². The Kier molecular flexibility index (Phi) is 4.78. The smallest absolute Gasteiger partial charge is 0.143 e. The molecule has 0 amide bonds. The van der Waals surface area contributed by atoms with Crippen molar-refractivity contribution in [3.05, 3.63) is 77.4 Å². The molecule has 118 valence electrons. The van der Waals surface area contributed by atoms with Crippen LogP contribution in [0.4, 0.5) is 0 Å². The lowest BCUT2D eigenvalue weighted by atomic mass is 9.77. The molecule has 0 spiro atoms. The number of hydrogen-bond donors (Lipinski definition) is 0. The van der Waals surface area contributed by atoms with E-state index in [1.165, 1.54) is 22.3 Å². The van der Waals surface area contributed by atoms with Gasteiger partial charge in [0.25, 0.3) is 0 Å². The van der Waals surface area contributed by atoms with Crippen LogP contribution >= 0.6 is 0 Å². The Morgan fingerprint density at radius 3 is 2.46 bits per heavy atom. The molecular weight excluding hydrogens is 292 g/mol. The second-order valence-electron chi connectivity index (χ2n) is 6.44. The van der Waals surface area contributed by atoms with E-state index in [1.807, 2.05) is 18.2 Å². The molecule has 0 bridgehead atoms. The molecular formula is C22H20N2. The summed E-state index contributed by atoms with van der Waals surface area (Å²) in [5, 5.41) is 18.6. The van der Waals surface area contributed by atoms with Crippen molar-refractivity contribution in [2.24, 2.45) is 17.8 Å². The highest BCUT2D eigenvalue weighted by molar-refractivity contribution is 5.70. The largest absolute Gasteiger partial charge is 0.197 e. The fourth-order valence-corrected chi connectivity index (χ4v) is 3.37. The summed E-state index contributed by atoms with van der Waals surface area (Å²) in [5.74, 6) is -0.412. The van der Waals surface area contributed by atoms with E-state index in [4.69, 9.17) is 0 Å². The minimum Gasteiger partial charge on any atom is -0.197 e. The number of rotatable bonds is 3. The molecule has 0 aliphatic heterocycles. The van der Waals surface area contributed by atoms with Crippen LogP contribution in [0.1, 0.15) is 25.3 Å². The Balaban J connectivity index is 1.94. The molecule has 1 aromatic carbocycles. The number of nitriles is 2. The van der Waals surface area contributed by atoms with Crippen molar-refractivity contribution in [3.63, 3.8) is 0 Å². The first kappa shape index (κ1) is 16.0. The second-order valence-corrected chi connectivity index (χ2v) is 6.44. The van der Waals surface area contributed by atoms with Gasteiger partial charge in [-0.05, 0) is 30.9 Å². The summed E-state index contributed by atoms with van der Waals surface area (Å²) >= 11 is 0. The Labute approximate surface area is 143 Å². The highest BCUT2D eigenvalue weighted by atomic mass is 14.4. The van der Waals surface area contributed by atoms with Crippen molar-refractivity contribution in [1.82, 2.24) is 0 Å². The van der Waals surface area contributed by atoms with Gasteiger partial charge in [-0.1, -0.05) is 71.9 Å². The van der Waals surface area contributed by atoms with Crippen LogP contribution in [0.25, 0.3) is 5.57 Å². The topological polar surface area (TPSA) is 47.6 Å². The van der Waals surface area contributed by atoms with Crippen molar-refractivity contribution < 1.29 is 0 Å². The van der Waals surface area contributed by atoms with E-state index in [9.17, 15) is 10.5 Å². The van der Waals surface area contributed by atoms with Crippen LogP contribution in [0.5, 0.6) is 0 Å². The lowest BCUT2D eigenvalue weighted by Crippen LogP contribution is -2.15. The molecule has 2 nitrogen and oxygen atoms in total. The third kappa shape index (κ3) is 3.39. The molecule has 0 heterocycles. The summed E-state index contributed by atoms with van der Waals surface area (Å²) in [6.45, 7) is 2.11. The molecule has 0 fully saturated rings. The molecule has 0 radical (unpaired) electrons. The van der Waals surface area contributed by atoms with E-state index >= 15 is 0 Å². The zero-order valence-electron chi connectivity index (χ0n) is 13.8. The molecule has 2 heteroatoms. The summed E-state index contributed by atoms with van der Waals surface area (Å²) in [6, 6.07) is 14.5. The first-order valence-electron chi connectivity index (χ1n) is 8.32. The van der Waals surface area contributed by atoms with Gasteiger partial charge in [-0.3, -0.25) is 0 Å². The van der Waals surface area contributed by atoms with Gasteiger partial charge in [0.05, 0.1) is 12.1 Å². The van der Waals surface area contributed by atoms with Gasteiger partial charge in [-0.15, -0.1) is 0 Å². The molecule has 0 N–H and O–H groups in total. The molecule has 3 rings (SSSR count). The fraction of sp³-hybridized carbons (Fsp3) is 0.273. The van der Waals surface area contributed by atoms with Gasteiger partial charge in [0.15, 0.2) is 0 Å². The number of hydrogen-bond acceptors (Lipinski definition) is 2. The van der Waals surface area contributed by atoms with E-state index in [0.717, 1.165) is 12.8 Å². The SMILES string of the molecule is CC1=CCC(C2=CC(C(C#N)C#N)C=C(c3ccccc3)C2)C=C1. The van der Waals surface area contributed by atoms with Crippen LogP contribution in [0, 0.1) is 40.4 Å². The van der Waals surface area contributed by atoms with Gasteiger partial charge in [-0.2, -0.15) is 10.5 Å². The van der Waals surface area contributed by atoms with Crippen LogP contribution in [0.3, 0.4) is 0 Å². The van der Waals surface area contributed by atoms with Gasteiger partial charge >= 0.3 is 0 Å². The molecule has 0 saturated carbocycles. The molecule has 0 aromatic heterocycles. The number of allylic oxidation sites excluding steroid dienone is 8. The zero-order valence-corrected chi connectivity index (χ0v) is 13.8. The van der Waals surface area contributed by atoms with Crippen LogP contribution in [0.15, 0.2) is 71.9 Å². The maximum Gasteiger partial charge on any atom is 0.143 e. The lowest BCUT2D eigenvalue weighted by molar-refractivity contribution is 0.653.